The standard InChI is InChI=1S/C9H9F2O2/c1-5-8(10)6(12-2)4-7(13-3)9(5)11/h4H,1H2,2-3H3. The molecule has 0 aliphatic carbocycles. The van der Waals surface area contributed by atoms with Crippen LogP contribution in [-0.2, 0) is 0 Å². The van der Waals surface area contributed by atoms with Gasteiger partial charge in [0.1, 0.15) is 0 Å². The lowest BCUT2D eigenvalue weighted by Gasteiger charge is -2.09. The summed E-state index contributed by atoms with van der Waals surface area (Å²) in [6, 6.07) is 1.14. The minimum atomic E-state index is -0.805. The van der Waals surface area contributed by atoms with Gasteiger partial charge in [-0.2, -0.15) is 0 Å². The van der Waals surface area contributed by atoms with Crippen molar-refractivity contribution in [2.24, 2.45) is 0 Å². The monoisotopic (exact) mass is 187 g/mol. The Morgan fingerprint density at radius 1 is 1.08 bits per heavy atom. The van der Waals surface area contributed by atoms with Crippen molar-refractivity contribution in [1.82, 2.24) is 0 Å². The topological polar surface area (TPSA) is 18.5 Å². The first-order chi connectivity index (χ1) is 6.11. The Labute approximate surface area is 75.1 Å². The maximum absolute atomic E-state index is 13.1. The Morgan fingerprint density at radius 2 is 1.46 bits per heavy atom. The largest absolute Gasteiger partial charge is 0.494 e. The van der Waals surface area contributed by atoms with Gasteiger partial charge < -0.3 is 9.47 Å². The molecule has 0 saturated heterocycles. The Bertz CT molecular complexity index is 296. The van der Waals surface area contributed by atoms with E-state index < -0.39 is 11.6 Å². The van der Waals surface area contributed by atoms with Gasteiger partial charge in [0, 0.05) is 11.6 Å². The molecular formula is C9H9F2O2. The zero-order valence-electron chi connectivity index (χ0n) is 7.36. The lowest BCUT2D eigenvalue weighted by Crippen LogP contribution is -1.98. The molecular weight excluding hydrogens is 178 g/mol. The predicted molar refractivity (Wildman–Crippen MR) is 43.9 cm³/mol. The second kappa shape index (κ2) is 3.60. The second-order valence-electron chi connectivity index (χ2n) is 2.39. The summed E-state index contributed by atoms with van der Waals surface area (Å²) in [5.41, 5.74) is -0.351. The van der Waals surface area contributed by atoms with Crippen molar-refractivity contribution in [2.75, 3.05) is 14.2 Å². The number of methoxy groups -OCH3 is 2. The van der Waals surface area contributed by atoms with Crippen molar-refractivity contribution in [3.05, 3.63) is 30.2 Å². The van der Waals surface area contributed by atoms with Crippen LogP contribution in [0.5, 0.6) is 11.5 Å². The highest BCUT2D eigenvalue weighted by atomic mass is 19.1. The van der Waals surface area contributed by atoms with E-state index in [2.05, 4.69) is 16.4 Å². The van der Waals surface area contributed by atoms with Crippen molar-refractivity contribution in [3.8, 4) is 11.5 Å². The van der Waals surface area contributed by atoms with Gasteiger partial charge in [-0.3, -0.25) is 0 Å². The number of ether oxygens (including phenoxy) is 2. The molecule has 0 saturated carbocycles. The number of hydrogen-bond donors (Lipinski definition) is 0. The summed E-state index contributed by atoms with van der Waals surface area (Å²) in [4.78, 5) is 0. The van der Waals surface area contributed by atoms with E-state index in [1.54, 1.807) is 0 Å². The van der Waals surface area contributed by atoms with Crippen LogP contribution in [0.1, 0.15) is 5.56 Å². The molecule has 1 aromatic carbocycles. The van der Waals surface area contributed by atoms with Crippen molar-refractivity contribution in [2.45, 2.75) is 0 Å². The zero-order chi connectivity index (χ0) is 10.0. The summed E-state index contributed by atoms with van der Waals surface area (Å²) in [5.74, 6) is -1.77. The normalized spacial score (nSPS) is 9.92. The summed E-state index contributed by atoms with van der Waals surface area (Å²) in [6.07, 6.45) is 0. The molecule has 0 amide bonds. The molecule has 71 valence electrons. The summed E-state index contributed by atoms with van der Waals surface area (Å²) >= 11 is 0. The SMILES string of the molecule is [CH2]c1c(F)c(OC)cc(OC)c1F. The minimum absolute atomic E-state index is 0.0803. The third-order valence-corrected chi connectivity index (χ3v) is 1.66. The summed E-state index contributed by atoms with van der Waals surface area (Å²) in [7, 11) is 2.57. The van der Waals surface area contributed by atoms with Crippen LogP contribution in [0.3, 0.4) is 0 Å². The van der Waals surface area contributed by atoms with E-state index in [4.69, 9.17) is 0 Å². The van der Waals surface area contributed by atoms with E-state index in [1.807, 2.05) is 0 Å². The first kappa shape index (κ1) is 9.77. The Balaban J connectivity index is 3.36. The molecule has 0 atom stereocenters. The maximum atomic E-state index is 13.1. The van der Waals surface area contributed by atoms with E-state index in [0.29, 0.717) is 0 Å². The first-order valence-electron chi connectivity index (χ1n) is 3.53. The van der Waals surface area contributed by atoms with E-state index in [-0.39, 0.29) is 17.1 Å². The molecule has 13 heavy (non-hydrogen) atoms. The molecule has 0 bridgehead atoms. The van der Waals surface area contributed by atoms with Gasteiger partial charge in [0.05, 0.1) is 14.2 Å². The highest BCUT2D eigenvalue weighted by Crippen LogP contribution is 2.30. The summed E-state index contributed by atoms with van der Waals surface area (Å²) in [5, 5.41) is 0. The fraction of sp³-hybridized carbons (Fsp3) is 0.222. The van der Waals surface area contributed by atoms with Gasteiger partial charge in [-0.1, -0.05) is 0 Å². The average molecular weight is 187 g/mol. The Hall–Kier alpha value is -1.32. The van der Waals surface area contributed by atoms with Crippen LogP contribution < -0.4 is 9.47 Å². The summed E-state index contributed by atoms with van der Waals surface area (Å²) in [6.45, 7) is 3.23. The van der Waals surface area contributed by atoms with E-state index in [1.165, 1.54) is 14.2 Å². The summed E-state index contributed by atoms with van der Waals surface area (Å²) < 4.78 is 35.5. The quantitative estimate of drug-likeness (QED) is 0.706. The van der Waals surface area contributed by atoms with Crippen LogP contribution in [0.25, 0.3) is 0 Å². The van der Waals surface area contributed by atoms with Crippen LogP contribution in [0.15, 0.2) is 6.07 Å². The molecule has 0 unspecified atom stereocenters. The molecule has 0 aliphatic heterocycles. The number of rotatable bonds is 2. The molecule has 1 radical (unpaired) electrons. The number of hydrogen-bond acceptors (Lipinski definition) is 2. The molecule has 4 heteroatoms. The average Bonchev–Trinajstić information content (AvgIpc) is 2.15. The molecule has 0 heterocycles. The van der Waals surface area contributed by atoms with Gasteiger partial charge >= 0.3 is 0 Å². The van der Waals surface area contributed by atoms with Crippen molar-refractivity contribution >= 4 is 0 Å². The van der Waals surface area contributed by atoms with Crippen molar-refractivity contribution in [1.29, 1.82) is 0 Å². The van der Waals surface area contributed by atoms with E-state index >= 15 is 0 Å². The van der Waals surface area contributed by atoms with E-state index in [0.717, 1.165) is 6.07 Å². The smallest absolute Gasteiger partial charge is 0.171 e. The highest BCUT2D eigenvalue weighted by Gasteiger charge is 2.15. The number of halogens is 2. The molecule has 1 aromatic rings. The second-order valence-corrected chi connectivity index (χ2v) is 2.39. The van der Waals surface area contributed by atoms with Gasteiger partial charge in [-0.25, -0.2) is 8.78 Å². The molecule has 0 spiro atoms. The molecule has 0 N–H and O–H groups in total. The molecule has 0 aromatic heterocycles. The van der Waals surface area contributed by atoms with Crippen molar-refractivity contribution in [3.63, 3.8) is 0 Å². The zero-order valence-corrected chi connectivity index (χ0v) is 7.36. The fourth-order valence-electron chi connectivity index (χ4n) is 0.937. The van der Waals surface area contributed by atoms with Crippen molar-refractivity contribution < 1.29 is 18.3 Å². The minimum Gasteiger partial charge on any atom is -0.494 e. The van der Waals surface area contributed by atoms with Crippen LogP contribution in [-0.4, -0.2) is 14.2 Å². The molecule has 0 aliphatic rings. The maximum Gasteiger partial charge on any atom is 0.171 e. The lowest BCUT2D eigenvalue weighted by atomic mass is 10.2. The Morgan fingerprint density at radius 3 is 1.77 bits per heavy atom. The van der Waals surface area contributed by atoms with Gasteiger partial charge in [0.25, 0.3) is 0 Å². The lowest BCUT2D eigenvalue weighted by molar-refractivity contribution is 0.356. The first-order valence-corrected chi connectivity index (χ1v) is 3.53. The van der Waals surface area contributed by atoms with E-state index in [9.17, 15) is 8.78 Å². The van der Waals surface area contributed by atoms with Crippen LogP contribution >= 0.6 is 0 Å². The highest BCUT2D eigenvalue weighted by molar-refractivity contribution is 5.42. The van der Waals surface area contributed by atoms with Gasteiger partial charge in [-0.15, -0.1) is 0 Å². The van der Waals surface area contributed by atoms with Gasteiger partial charge in [-0.05, 0) is 6.92 Å². The predicted octanol–water partition coefficient (Wildman–Crippen LogP) is 2.16. The molecule has 2 nitrogen and oxygen atoms in total. The molecule has 0 fully saturated rings. The van der Waals surface area contributed by atoms with Crippen LogP contribution in [0.4, 0.5) is 8.78 Å². The van der Waals surface area contributed by atoms with Crippen LogP contribution in [0, 0.1) is 18.6 Å². The van der Waals surface area contributed by atoms with Crippen LogP contribution in [0.2, 0.25) is 0 Å². The Kier molecular flexibility index (Phi) is 2.70. The third-order valence-electron chi connectivity index (χ3n) is 1.66. The van der Waals surface area contributed by atoms with Gasteiger partial charge in [0.2, 0.25) is 0 Å². The number of benzene rings is 1. The third kappa shape index (κ3) is 1.56. The molecule has 1 rings (SSSR count). The fourth-order valence-corrected chi connectivity index (χ4v) is 0.937. The van der Waals surface area contributed by atoms with Gasteiger partial charge in [0.15, 0.2) is 23.1 Å².